The van der Waals surface area contributed by atoms with Crippen molar-refractivity contribution in [3.8, 4) is 0 Å². The minimum atomic E-state index is -3.01. The van der Waals surface area contributed by atoms with Gasteiger partial charge in [-0.2, -0.15) is 5.10 Å². The zero-order valence-electron chi connectivity index (χ0n) is 13.4. The first kappa shape index (κ1) is 17.6. The minimum Gasteiger partial charge on any atom is -0.348 e. The van der Waals surface area contributed by atoms with Crippen molar-refractivity contribution < 1.29 is 22.4 Å². The van der Waals surface area contributed by atoms with E-state index in [0.717, 1.165) is 49.1 Å². The van der Waals surface area contributed by atoms with Crippen LogP contribution in [0.2, 0.25) is 0 Å². The second kappa shape index (κ2) is 7.37. The SMILES string of the molecule is O=C(NC1CCCCCC1)c1cc2nc(C(F)F)cc(C(F)F)n2n1. The van der Waals surface area contributed by atoms with Crippen molar-refractivity contribution in [2.24, 2.45) is 0 Å². The number of nitrogens with zero attached hydrogens (tertiary/aromatic N) is 3. The van der Waals surface area contributed by atoms with Crippen LogP contribution in [0.15, 0.2) is 12.1 Å². The third kappa shape index (κ3) is 3.91. The van der Waals surface area contributed by atoms with Crippen molar-refractivity contribution in [3.05, 3.63) is 29.2 Å². The highest BCUT2D eigenvalue weighted by molar-refractivity contribution is 5.93. The van der Waals surface area contributed by atoms with Crippen LogP contribution in [0.1, 0.15) is 73.3 Å². The van der Waals surface area contributed by atoms with E-state index in [1.165, 1.54) is 0 Å². The van der Waals surface area contributed by atoms with Crippen LogP contribution in [-0.2, 0) is 0 Å². The average molecular weight is 358 g/mol. The van der Waals surface area contributed by atoms with Crippen molar-refractivity contribution in [3.63, 3.8) is 0 Å². The molecule has 2 heterocycles. The van der Waals surface area contributed by atoms with Crippen molar-refractivity contribution in [2.75, 3.05) is 0 Å². The van der Waals surface area contributed by atoms with Gasteiger partial charge in [0.05, 0.1) is 0 Å². The first-order chi connectivity index (χ1) is 12.0. The molecule has 0 radical (unpaired) electrons. The van der Waals surface area contributed by atoms with E-state index in [1.807, 2.05) is 0 Å². The summed E-state index contributed by atoms with van der Waals surface area (Å²) in [4.78, 5) is 16.0. The van der Waals surface area contributed by atoms with Gasteiger partial charge < -0.3 is 5.32 Å². The topological polar surface area (TPSA) is 59.3 Å². The molecule has 0 aromatic carbocycles. The lowest BCUT2D eigenvalue weighted by molar-refractivity contribution is 0.0926. The molecule has 1 saturated carbocycles. The summed E-state index contributed by atoms with van der Waals surface area (Å²) in [6.07, 6.45) is -0.000885. The molecule has 1 aliphatic carbocycles. The lowest BCUT2D eigenvalue weighted by Crippen LogP contribution is -2.34. The van der Waals surface area contributed by atoms with Crippen molar-refractivity contribution >= 4 is 11.6 Å². The number of hydrogen-bond donors (Lipinski definition) is 1. The van der Waals surface area contributed by atoms with Crippen LogP contribution in [0.3, 0.4) is 0 Å². The van der Waals surface area contributed by atoms with Crippen LogP contribution in [0, 0.1) is 0 Å². The van der Waals surface area contributed by atoms with E-state index in [2.05, 4.69) is 15.4 Å². The van der Waals surface area contributed by atoms with Gasteiger partial charge in [-0.3, -0.25) is 4.79 Å². The standard InChI is InChI=1S/C16H18F4N4O/c17-14(18)10-7-12(15(19)20)24-13(22-10)8-11(23-24)16(25)21-9-5-3-1-2-4-6-9/h7-9,14-15H,1-6H2,(H,21,25). The van der Waals surface area contributed by atoms with Gasteiger partial charge in [-0.1, -0.05) is 25.7 Å². The number of rotatable bonds is 4. The van der Waals surface area contributed by atoms with E-state index >= 15 is 0 Å². The molecular weight excluding hydrogens is 340 g/mol. The molecule has 5 nitrogen and oxygen atoms in total. The van der Waals surface area contributed by atoms with Gasteiger partial charge in [-0.25, -0.2) is 27.1 Å². The smallest absolute Gasteiger partial charge is 0.280 e. The van der Waals surface area contributed by atoms with Crippen LogP contribution in [-0.4, -0.2) is 26.5 Å². The molecule has 0 unspecified atom stereocenters. The summed E-state index contributed by atoms with van der Waals surface area (Å²) in [5.74, 6) is -0.504. The number of nitrogens with one attached hydrogen (secondary N) is 1. The summed E-state index contributed by atoms with van der Waals surface area (Å²) in [5.41, 5.74) is -1.78. The molecule has 136 valence electrons. The molecule has 1 fully saturated rings. The van der Waals surface area contributed by atoms with Gasteiger partial charge in [0, 0.05) is 12.1 Å². The van der Waals surface area contributed by atoms with E-state index in [0.29, 0.717) is 6.07 Å². The molecule has 0 bridgehead atoms. The van der Waals surface area contributed by atoms with E-state index in [9.17, 15) is 22.4 Å². The van der Waals surface area contributed by atoms with Crippen molar-refractivity contribution in [1.29, 1.82) is 0 Å². The van der Waals surface area contributed by atoms with Gasteiger partial charge >= 0.3 is 0 Å². The van der Waals surface area contributed by atoms with Crippen LogP contribution in [0.25, 0.3) is 5.65 Å². The molecule has 0 atom stereocenters. The van der Waals surface area contributed by atoms with Gasteiger partial charge in [0.2, 0.25) is 0 Å². The molecular formula is C16H18F4N4O. The Hall–Kier alpha value is -2.19. The van der Waals surface area contributed by atoms with Crippen LogP contribution in [0.4, 0.5) is 17.6 Å². The number of carbonyl (C=O) groups excluding carboxylic acids is 1. The number of carbonyl (C=O) groups is 1. The Morgan fingerprint density at radius 3 is 2.36 bits per heavy atom. The maximum atomic E-state index is 13.1. The number of amides is 1. The molecule has 2 aromatic heterocycles. The summed E-state index contributed by atoms with van der Waals surface area (Å²) >= 11 is 0. The molecule has 1 amide bonds. The van der Waals surface area contributed by atoms with Gasteiger partial charge in [0.1, 0.15) is 11.4 Å². The van der Waals surface area contributed by atoms with Gasteiger partial charge in [-0.05, 0) is 18.9 Å². The minimum absolute atomic E-state index is 0.0129. The molecule has 9 heteroatoms. The third-order valence-corrected chi connectivity index (χ3v) is 4.34. The van der Waals surface area contributed by atoms with Gasteiger partial charge in [0.25, 0.3) is 18.8 Å². The zero-order chi connectivity index (χ0) is 18.0. The quantitative estimate of drug-likeness (QED) is 0.662. The Kier molecular flexibility index (Phi) is 5.19. The van der Waals surface area contributed by atoms with Crippen LogP contribution < -0.4 is 5.32 Å². The fourth-order valence-electron chi connectivity index (χ4n) is 3.08. The van der Waals surface area contributed by atoms with Gasteiger partial charge in [-0.15, -0.1) is 0 Å². The average Bonchev–Trinajstić information content (AvgIpc) is 2.84. The number of halogens is 4. The zero-order valence-corrected chi connectivity index (χ0v) is 13.4. The molecule has 0 aliphatic heterocycles. The van der Waals surface area contributed by atoms with E-state index < -0.39 is 30.1 Å². The maximum absolute atomic E-state index is 13.1. The Morgan fingerprint density at radius 2 is 1.76 bits per heavy atom. The highest BCUT2D eigenvalue weighted by atomic mass is 19.3. The maximum Gasteiger partial charge on any atom is 0.280 e. The molecule has 1 aliphatic rings. The summed E-state index contributed by atoms with van der Waals surface area (Å²) < 4.78 is 52.7. The Bertz CT molecular complexity index is 754. The van der Waals surface area contributed by atoms with Crippen molar-refractivity contribution in [1.82, 2.24) is 19.9 Å². The third-order valence-electron chi connectivity index (χ3n) is 4.34. The summed E-state index contributed by atoms with van der Waals surface area (Å²) in [6.45, 7) is 0. The van der Waals surface area contributed by atoms with E-state index in [-0.39, 0.29) is 17.4 Å². The Morgan fingerprint density at radius 1 is 1.08 bits per heavy atom. The summed E-state index contributed by atoms with van der Waals surface area (Å²) in [6, 6.07) is 1.78. The van der Waals surface area contributed by atoms with Crippen LogP contribution >= 0.6 is 0 Å². The Labute approximate surface area is 141 Å². The first-order valence-electron chi connectivity index (χ1n) is 8.23. The van der Waals surface area contributed by atoms with Crippen molar-refractivity contribution in [2.45, 2.75) is 57.4 Å². The highest BCUT2D eigenvalue weighted by Crippen LogP contribution is 2.25. The van der Waals surface area contributed by atoms with Crippen LogP contribution in [0.5, 0.6) is 0 Å². The normalized spacial score (nSPS) is 16.6. The highest BCUT2D eigenvalue weighted by Gasteiger charge is 2.23. The lowest BCUT2D eigenvalue weighted by atomic mass is 10.1. The summed E-state index contributed by atoms with van der Waals surface area (Å²) in [7, 11) is 0. The number of alkyl halides is 4. The number of hydrogen-bond acceptors (Lipinski definition) is 3. The first-order valence-corrected chi connectivity index (χ1v) is 8.23. The lowest BCUT2D eigenvalue weighted by Gasteiger charge is -2.14. The molecule has 0 saturated heterocycles. The predicted molar refractivity (Wildman–Crippen MR) is 81.9 cm³/mol. The number of aromatic nitrogens is 3. The second-order valence-electron chi connectivity index (χ2n) is 6.17. The largest absolute Gasteiger partial charge is 0.348 e. The fraction of sp³-hybridized carbons (Fsp3) is 0.562. The predicted octanol–water partition coefficient (Wildman–Crippen LogP) is 4.06. The Balaban J connectivity index is 1.89. The molecule has 3 rings (SSSR count). The molecule has 0 spiro atoms. The van der Waals surface area contributed by atoms with Gasteiger partial charge in [0.15, 0.2) is 11.3 Å². The molecule has 2 aromatic rings. The number of fused-ring (bicyclic) bond motifs is 1. The van der Waals surface area contributed by atoms with E-state index in [4.69, 9.17) is 0 Å². The monoisotopic (exact) mass is 358 g/mol. The summed E-state index contributed by atoms with van der Waals surface area (Å²) in [5, 5.41) is 6.68. The second-order valence-corrected chi connectivity index (χ2v) is 6.17. The molecule has 25 heavy (non-hydrogen) atoms. The molecule has 1 N–H and O–H groups in total. The fourth-order valence-corrected chi connectivity index (χ4v) is 3.08. The van der Waals surface area contributed by atoms with E-state index in [1.54, 1.807) is 0 Å².